The molecule has 0 saturated carbocycles. The molecule has 1 aliphatic heterocycles. The number of likely N-dealkylation sites (tertiary alicyclic amines) is 1. The summed E-state index contributed by atoms with van der Waals surface area (Å²) in [5.74, 6) is 0.478. The van der Waals surface area contributed by atoms with E-state index in [9.17, 15) is 13.2 Å². The van der Waals surface area contributed by atoms with Crippen molar-refractivity contribution in [3.63, 3.8) is 0 Å². The van der Waals surface area contributed by atoms with Crippen LogP contribution in [0.2, 0.25) is 0 Å². The van der Waals surface area contributed by atoms with Crippen LogP contribution in [-0.4, -0.2) is 38.4 Å². The second-order valence-electron chi connectivity index (χ2n) is 6.16. The van der Waals surface area contributed by atoms with E-state index < -0.39 is 16.1 Å². The van der Waals surface area contributed by atoms with E-state index in [4.69, 9.17) is 0 Å². The number of piperidine rings is 1. The molecular weight excluding hydrogens is 300 g/mol. The SMILES string of the molecule is Cc1ccc(S(=O)(=O)N[C@@H](C)C(=O)N2CCC(C)CC2)cc1. The highest BCUT2D eigenvalue weighted by Crippen LogP contribution is 2.17. The average Bonchev–Trinajstić information content (AvgIpc) is 2.47. The summed E-state index contributed by atoms with van der Waals surface area (Å²) in [6, 6.07) is 5.84. The molecule has 2 rings (SSSR count). The first-order chi connectivity index (χ1) is 10.3. The molecule has 0 radical (unpaired) electrons. The second-order valence-corrected chi connectivity index (χ2v) is 7.88. The first-order valence-electron chi connectivity index (χ1n) is 7.67. The molecule has 1 fully saturated rings. The fourth-order valence-electron chi connectivity index (χ4n) is 2.57. The third-order valence-corrected chi connectivity index (χ3v) is 5.69. The van der Waals surface area contributed by atoms with Gasteiger partial charge in [0.2, 0.25) is 15.9 Å². The van der Waals surface area contributed by atoms with Crippen molar-refractivity contribution in [1.82, 2.24) is 9.62 Å². The maximum absolute atomic E-state index is 12.4. The van der Waals surface area contributed by atoms with Crippen molar-refractivity contribution < 1.29 is 13.2 Å². The summed E-state index contributed by atoms with van der Waals surface area (Å²) < 4.78 is 27.1. The Hall–Kier alpha value is -1.40. The van der Waals surface area contributed by atoms with E-state index in [1.807, 2.05) is 6.92 Å². The lowest BCUT2D eigenvalue weighted by Gasteiger charge is -2.32. The van der Waals surface area contributed by atoms with E-state index in [1.54, 1.807) is 36.1 Å². The molecule has 1 saturated heterocycles. The van der Waals surface area contributed by atoms with Gasteiger partial charge >= 0.3 is 0 Å². The van der Waals surface area contributed by atoms with Gasteiger partial charge in [-0.25, -0.2) is 8.42 Å². The van der Waals surface area contributed by atoms with Gasteiger partial charge in [0.25, 0.3) is 0 Å². The fraction of sp³-hybridized carbons (Fsp3) is 0.562. The van der Waals surface area contributed by atoms with Gasteiger partial charge in [0.05, 0.1) is 10.9 Å². The molecule has 1 N–H and O–H groups in total. The predicted molar refractivity (Wildman–Crippen MR) is 85.9 cm³/mol. The Labute approximate surface area is 132 Å². The Bertz CT molecular complexity index is 617. The number of hydrogen-bond donors (Lipinski definition) is 1. The predicted octanol–water partition coefficient (Wildman–Crippen LogP) is 1.92. The first-order valence-corrected chi connectivity index (χ1v) is 9.15. The van der Waals surface area contributed by atoms with E-state index in [-0.39, 0.29) is 10.8 Å². The summed E-state index contributed by atoms with van der Waals surface area (Å²) in [6.45, 7) is 7.08. The van der Waals surface area contributed by atoms with Crippen LogP contribution in [-0.2, 0) is 14.8 Å². The van der Waals surface area contributed by atoms with E-state index in [0.717, 1.165) is 18.4 Å². The minimum Gasteiger partial charge on any atom is -0.341 e. The maximum Gasteiger partial charge on any atom is 0.241 e. The molecular formula is C16H24N2O3S. The van der Waals surface area contributed by atoms with Crippen molar-refractivity contribution >= 4 is 15.9 Å². The van der Waals surface area contributed by atoms with Gasteiger partial charge in [-0.3, -0.25) is 4.79 Å². The molecule has 1 atom stereocenters. The number of aryl methyl sites for hydroxylation is 1. The normalized spacial score (nSPS) is 18.2. The molecule has 1 aliphatic rings. The van der Waals surface area contributed by atoms with Gasteiger partial charge in [-0.1, -0.05) is 24.6 Å². The Balaban J connectivity index is 2.02. The molecule has 1 aromatic rings. The van der Waals surface area contributed by atoms with Gasteiger partial charge in [-0.05, 0) is 44.7 Å². The van der Waals surface area contributed by atoms with Crippen molar-refractivity contribution in [3.05, 3.63) is 29.8 Å². The topological polar surface area (TPSA) is 66.5 Å². The van der Waals surface area contributed by atoms with Crippen molar-refractivity contribution in [1.29, 1.82) is 0 Å². The van der Waals surface area contributed by atoms with Crippen LogP contribution < -0.4 is 4.72 Å². The zero-order chi connectivity index (χ0) is 16.3. The summed E-state index contributed by atoms with van der Waals surface area (Å²) in [7, 11) is -3.67. The molecule has 5 nitrogen and oxygen atoms in total. The van der Waals surface area contributed by atoms with Crippen LogP contribution in [0, 0.1) is 12.8 Å². The molecule has 22 heavy (non-hydrogen) atoms. The number of benzene rings is 1. The lowest BCUT2D eigenvalue weighted by Crippen LogP contribution is -2.49. The number of rotatable bonds is 4. The van der Waals surface area contributed by atoms with Crippen molar-refractivity contribution in [2.45, 2.75) is 44.6 Å². The van der Waals surface area contributed by atoms with E-state index in [0.29, 0.717) is 19.0 Å². The molecule has 1 heterocycles. The van der Waals surface area contributed by atoms with Gasteiger partial charge in [0, 0.05) is 13.1 Å². The highest BCUT2D eigenvalue weighted by atomic mass is 32.2. The number of amides is 1. The Morgan fingerprint density at radius 2 is 1.77 bits per heavy atom. The zero-order valence-electron chi connectivity index (χ0n) is 13.4. The monoisotopic (exact) mass is 324 g/mol. The summed E-state index contributed by atoms with van der Waals surface area (Å²) in [5, 5.41) is 0. The second kappa shape index (κ2) is 6.79. The lowest BCUT2D eigenvalue weighted by molar-refractivity contribution is -0.133. The number of carbonyl (C=O) groups excluding carboxylic acids is 1. The van der Waals surface area contributed by atoms with Gasteiger partial charge in [-0.2, -0.15) is 4.72 Å². The van der Waals surface area contributed by atoms with Crippen LogP contribution in [0.5, 0.6) is 0 Å². The molecule has 1 aromatic carbocycles. The van der Waals surface area contributed by atoms with Crippen molar-refractivity contribution in [3.8, 4) is 0 Å². The van der Waals surface area contributed by atoms with Crippen LogP contribution >= 0.6 is 0 Å². The number of carbonyl (C=O) groups is 1. The third-order valence-electron chi connectivity index (χ3n) is 4.13. The van der Waals surface area contributed by atoms with E-state index in [1.165, 1.54) is 0 Å². The van der Waals surface area contributed by atoms with Gasteiger partial charge in [-0.15, -0.1) is 0 Å². The molecule has 122 valence electrons. The number of nitrogens with one attached hydrogen (secondary N) is 1. The van der Waals surface area contributed by atoms with Gasteiger partial charge < -0.3 is 4.90 Å². The first kappa shape index (κ1) is 17.0. The van der Waals surface area contributed by atoms with Crippen molar-refractivity contribution in [2.24, 2.45) is 5.92 Å². The van der Waals surface area contributed by atoms with Crippen LogP contribution in [0.1, 0.15) is 32.3 Å². The summed E-state index contributed by atoms with van der Waals surface area (Å²) in [6.07, 6.45) is 1.95. The standard InChI is InChI=1S/C16H24N2O3S/c1-12-4-6-15(7-5-12)22(20,21)17-14(3)16(19)18-10-8-13(2)9-11-18/h4-7,13-14,17H,8-11H2,1-3H3/t14-/m0/s1. The van der Waals surface area contributed by atoms with Crippen LogP contribution in [0.3, 0.4) is 0 Å². The number of hydrogen-bond acceptors (Lipinski definition) is 3. The smallest absolute Gasteiger partial charge is 0.241 e. The largest absolute Gasteiger partial charge is 0.341 e. The molecule has 0 spiro atoms. The highest BCUT2D eigenvalue weighted by molar-refractivity contribution is 7.89. The summed E-state index contributed by atoms with van der Waals surface area (Å²) in [4.78, 5) is 14.3. The van der Waals surface area contributed by atoms with Crippen molar-refractivity contribution in [2.75, 3.05) is 13.1 Å². The Morgan fingerprint density at radius 3 is 2.32 bits per heavy atom. The zero-order valence-corrected chi connectivity index (χ0v) is 14.2. The third kappa shape index (κ3) is 4.08. The molecule has 1 amide bonds. The number of sulfonamides is 1. The molecule has 0 aliphatic carbocycles. The summed E-state index contributed by atoms with van der Waals surface area (Å²) >= 11 is 0. The van der Waals surface area contributed by atoms with Crippen LogP contribution in [0.4, 0.5) is 0 Å². The summed E-state index contributed by atoms with van der Waals surface area (Å²) in [5.41, 5.74) is 0.991. The van der Waals surface area contributed by atoms with E-state index in [2.05, 4.69) is 11.6 Å². The molecule has 6 heteroatoms. The lowest BCUT2D eigenvalue weighted by atomic mass is 9.99. The Morgan fingerprint density at radius 1 is 1.23 bits per heavy atom. The average molecular weight is 324 g/mol. The van der Waals surface area contributed by atoms with Crippen LogP contribution in [0.15, 0.2) is 29.2 Å². The minimum absolute atomic E-state index is 0.150. The molecule has 0 aromatic heterocycles. The Kier molecular flexibility index (Phi) is 5.24. The van der Waals surface area contributed by atoms with E-state index >= 15 is 0 Å². The number of nitrogens with zero attached hydrogens (tertiary/aromatic N) is 1. The minimum atomic E-state index is -3.67. The van der Waals surface area contributed by atoms with Gasteiger partial charge in [0.15, 0.2) is 0 Å². The fourth-order valence-corrected chi connectivity index (χ4v) is 3.77. The highest BCUT2D eigenvalue weighted by Gasteiger charge is 2.27. The van der Waals surface area contributed by atoms with Crippen LogP contribution in [0.25, 0.3) is 0 Å². The molecule has 0 unspecified atom stereocenters. The van der Waals surface area contributed by atoms with Gasteiger partial charge in [0.1, 0.15) is 0 Å². The quantitative estimate of drug-likeness (QED) is 0.920. The molecule has 0 bridgehead atoms. The maximum atomic E-state index is 12.4.